The third-order valence-corrected chi connectivity index (χ3v) is 7.99. The molecule has 1 unspecified atom stereocenters. The molecule has 5 rings (SSSR count). The summed E-state index contributed by atoms with van der Waals surface area (Å²) in [5.41, 5.74) is 1.30. The molecule has 0 amide bonds. The van der Waals surface area contributed by atoms with Gasteiger partial charge < -0.3 is 4.57 Å². The second-order valence-corrected chi connectivity index (χ2v) is 10.8. The van der Waals surface area contributed by atoms with Crippen LogP contribution < -0.4 is 11.2 Å². The van der Waals surface area contributed by atoms with Crippen molar-refractivity contribution in [3.05, 3.63) is 55.8 Å². The van der Waals surface area contributed by atoms with Crippen molar-refractivity contribution < 1.29 is 8.42 Å². The summed E-state index contributed by atoms with van der Waals surface area (Å²) in [6, 6.07) is 7.36. The van der Waals surface area contributed by atoms with E-state index in [1.165, 1.54) is 11.6 Å². The van der Waals surface area contributed by atoms with Crippen molar-refractivity contribution in [3.63, 3.8) is 0 Å². The Hall–Kier alpha value is -2.66. The zero-order valence-electron chi connectivity index (χ0n) is 16.2. The van der Waals surface area contributed by atoms with Gasteiger partial charge in [-0.15, -0.1) is 0 Å². The number of aromatic nitrogens is 5. The van der Waals surface area contributed by atoms with Crippen molar-refractivity contribution in [2.24, 2.45) is 14.1 Å². The van der Waals surface area contributed by atoms with Crippen LogP contribution in [0.1, 0.15) is 12.5 Å². The fourth-order valence-electron chi connectivity index (χ4n) is 4.16. The molecule has 0 radical (unpaired) electrons. The predicted octanol–water partition coefficient (Wildman–Crippen LogP) is 1.48. The molecule has 11 heteroatoms. The Kier molecular flexibility index (Phi) is 4.13. The number of hydrogen-bond donors (Lipinski definition) is 0. The summed E-state index contributed by atoms with van der Waals surface area (Å²) < 4.78 is 31.2. The Bertz CT molecular complexity index is 1560. The lowest BCUT2D eigenvalue weighted by atomic mass is 10.1. The maximum atomic E-state index is 12.9. The number of halogens is 1. The summed E-state index contributed by atoms with van der Waals surface area (Å²) in [6.45, 7) is 0. The third-order valence-electron chi connectivity index (χ3n) is 5.71. The highest BCUT2D eigenvalue weighted by atomic mass is 79.9. The summed E-state index contributed by atoms with van der Waals surface area (Å²) in [7, 11) is -0.146. The molecule has 1 saturated heterocycles. The number of rotatable bonds is 2. The number of fused-ring (bicyclic) bond motifs is 3. The van der Waals surface area contributed by atoms with E-state index in [2.05, 4.69) is 20.9 Å². The Labute approximate surface area is 179 Å². The molecule has 1 aliphatic rings. The number of sulfone groups is 1. The number of imidazole rings is 2. The number of nitrogens with zero attached hydrogens (tertiary/aromatic N) is 5. The van der Waals surface area contributed by atoms with Crippen LogP contribution >= 0.6 is 15.9 Å². The van der Waals surface area contributed by atoms with Crippen molar-refractivity contribution in [2.45, 2.75) is 12.5 Å². The van der Waals surface area contributed by atoms with Gasteiger partial charge in [0.15, 0.2) is 21.0 Å². The van der Waals surface area contributed by atoms with E-state index in [-0.39, 0.29) is 28.7 Å². The van der Waals surface area contributed by atoms with Gasteiger partial charge in [-0.05, 0) is 24.1 Å². The molecule has 1 aliphatic heterocycles. The number of aryl methyl sites for hydroxylation is 1. The second kappa shape index (κ2) is 6.42. The van der Waals surface area contributed by atoms with Crippen LogP contribution in [0.4, 0.5) is 0 Å². The molecule has 0 spiro atoms. The van der Waals surface area contributed by atoms with Crippen LogP contribution in [0.15, 0.2) is 44.5 Å². The minimum atomic E-state index is -3.14. The first-order chi connectivity index (χ1) is 14.2. The molecular formula is C19H18BrN5O4S. The van der Waals surface area contributed by atoms with E-state index in [0.29, 0.717) is 12.2 Å². The Morgan fingerprint density at radius 1 is 1.10 bits per heavy atom. The summed E-state index contributed by atoms with van der Waals surface area (Å²) in [5.74, 6) is 0.576. The largest absolute Gasteiger partial charge is 0.332 e. The van der Waals surface area contributed by atoms with Gasteiger partial charge in [0.2, 0.25) is 5.78 Å². The van der Waals surface area contributed by atoms with Gasteiger partial charge >= 0.3 is 5.69 Å². The average molecular weight is 492 g/mol. The van der Waals surface area contributed by atoms with Gasteiger partial charge in [-0.2, -0.15) is 4.98 Å². The van der Waals surface area contributed by atoms with E-state index < -0.39 is 21.1 Å². The van der Waals surface area contributed by atoms with Crippen LogP contribution in [-0.4, -0.2) is 43.0 Å². The van der Waals surface area contributed by atoms with E-state index >= 15 is 0 Å². The van der Waals surface area contributed by atoms with E-state index in [0.717, 1.165) is 20.3 Å². The van der Waals surface area contributed by atoms with Crippen molar-refractivity contribution >= 4 is 42.7 Å². The topological polar surface area (TPSA) is 100 Å². The molecule has 9 nitrogen and oxygen atoms in total. The molecule has 0 N–H and O–H groups in total. The Balaban J connectivity index is 1.90. The van der Waals surface area contributed by atoms with E-state index in [4.69, 9.17) is 0 Å². The molecule has 30 heavy (non-hydrogen) atoms. The average Bonchev–Trinajstić information content (AvgIpc) is 3.36. The van der Waals surface area contributed by atoms with Gasteiger partial charge in [-0.3, -0.25) is 18.3 Å². The zero-order chi connectivity index (χ0) is 21.4. The first-order valence-corrected chi connectivity index (χ1v) is 11.9. The molecule has 4 heterocycles. The minimum absolute atomic E-state index is 0.0149. The summed E-state index contributed by atoms with van der Waals surface area (Å²) in [4.78, 5) is 29.8. The van der Waals surface area contributed by atoms with Crippen molar-refractivity contribution in [3.8, 4) is 11.3 Å². The Morgan fingerprint density at radius 2 is 1.80 bits per heavy atom. The third kappa shape index (κ3) is 2.72. The van der Waals surface area contributed by atoms with Crippen LogP contribution in [0.2, 0.25) is 0 Å². The first-order valence-electron chi connectivity index (χ1n) is 9.33. The normalized spacial score (nSPS) is 18.6. The highest BCUT2D eigenvalue weighted by Crippen LogP contribution is 2.34. The monoisotopic (exact) mass is 491 g/mol. The van der Waals surface area contributed by atoms with E-state index in [9.17, 15) is 18.0 Å². The molecule has 1 aromatic carbocycles. The fourth-order valence-corrected chi connectivity index (χ4v) is 6.13. The van der Waals surface area contributed by atoms with Crippen LogP contribution in [0, 0.1) is 0 Å². The molecule has 0 saturated carbocycles. The molecule has 156 valence electrons. The second-order valence-electron chi connectivity index (χ2n) is 7.61. The zero-order valence-corrected chi connectivity index (χ0v) is 18.6. The van der Waals surface area contributed by atoms with Crippen molar-refractivity contribution in [2.75, 3.05) is 11.5 Å². The van der Waals surface area contributed by atoms with Crippen LogP contribution in [0.3, 0.4) is 0 Å². The lowest BCUT2D eigenvalue weighted by molar-refractivity contribution is 0.571. The smallest absolute Gasteiger partial charge is 0.305 e. The molecule has 4 aromatic rings. The number of benzene rings is 1. The van der Waals surface area contributed by atoms with Crippen LogP contribution in [-0.2, 0) is 23.9 Å². The van der Waals surface area contributed by atoms with Crippen LogP contribution in [0.25, 0.3) is 28.2 Å². The maximum absolute atomic E-state index is 12.9. The lowest BCUT2D eigenvalue weighted by Gasteiger charge is -2.15. The minimum Gasteiger partial charge on any atom is -0.305 e. The standard InChI is InChI=1S/C19H18BrN5O4S/c1-22-16-15(17(26)23(2)19(22)27)24-9-14(11-3-5-12(20)6-4-11)25(18(24)21-16)13-7-8-30(28,29)10-13/h3-6,9,13H,7-8,10H2,1-2H3. The number of hydrogen-bond acceptors (Lipinski definition) is 5. The quantitative estimate of drug-likeness (QED) is 0.422. The molecule has 0 bridgehead atoms. The van der Waals surface area contributed by atoms with Crippen LogP contribution in [0.5, 0.6) is 0 Å². The predicted molar refractivity (Wildman–Crippen MR) is 117 cm³/mol. The van der Waals surface area contributed by atoms with Crippen molar-refractivity contribution in [1.29, 1.82) is 0 Å². The first kappa shape index (κ1) is 19.3. The van der Waals surface area contributed by atoms with Gasteiger partial charge in [-0.1, -0.05) is 28.1 Å². The summed E-state index contributed by atoms with van der Waals surface area (Å²) >= 11 is 3.43. The molecule has 1 fully saturated rings. The maximum Gasteiger partial charge on any atom is 0.332 e. The van der Waals surface area contributed by atoms with Gasteiger partial charge in [0.1, 0.15) is 0 Å². The molecule has 1 atom stereocenters. The molecular weight excluding hydrogens is 474 g/mol. The molecule has 3 aromatic heterocycles. The SMILES string of the molecule is Cn1c(=O)c2c(nc3n(C4CCS(=O)(=O)C4)c(-c4ccc(Br)cc4)cn23)n(C)c1=O. The van der Waals surface area contributed by atoms with Gasteiger partial charge in [0, 0.05) is 24.8 Å². The fraction of sp³-hybridized carbons (Fsp3) is 0.316. The summed E-state index contributed by atoms with van der Waals surface area (Å²) in [6.07, 6.45) is 2.26. The summed E-state index contributed by atoms with van der Waals surface area (Å²) in [5, 5.41) is 0. The highest BCUT2D eigenvalue weighted by molar-refractivity contribution is 9.10. The Morgan fingerprint density at radius 3 is 2.43 bits per heavy atom. The lowest BCUT2D eigenvalue weighted by Crippen LogP contribution is -2.37. The van der Waals surface area contributed by atoms with Gasteiger partial charge in [0.05, 0.1) is 23.2 Å². The van der Waals surface area contributed by atoms with Crippen molar-refractivity contribution in [1.82, 2.24) is 23.1 Å². The van der Waals surface area contributed by atoms with Gasteiger partial charge in [-0.25, -0.2) is 13.2 Å². The highest BCUT2D eigenvalue weighted by Gasteiger charge is 2.33. The van der Waals surface area contributed by atoms with Gasteiger partial charge in [0.25, 0.3) is 5.56 Å². The molecule has 0 aliphatic carbocycles. The van der Waals surface area contributed by atoms with E-state index in [1.54, 1.807) is 17.6 Å². The van der Waals surface area contributed by atoms with E-state index in [1.807, 2.05) is 28.8 Å².